The molecule has 5 aliphatic carbocycles. The Morgan fingerprint density at radius 1 is 1.00 bits per heavy atom. The van der Waals surface area contributed by atoms with E-state index in [1.807, 2.05) is 0 Å². The van der Waals surface area contributed by atoms with Gasteiger partial charge in [-0.25, -0.2) is 0 Å². The van der Waals surface area contributed by atoms with Gasteiger partial charge in [0.1, 0.15) is 5.60 Å². The Bertz CT molecular complexity index is 601. The minimum absolute atomic E-state index is 0.0510. The Balaban J connectivity index is 1.49. The Hall–Kier alpha value is -1.10. The minimum Gasteiger partial charge on any atom is -0.481 e. The number of carbonyl (C=O) groups is 2. The van der Waals surface area contributed by atoms with Crippen LogP contribution < -0.4 is 5.73 Å². The van der Waals surface area contributed by atoms with Gasteiger partial charge in [0.25, 0.3) is 0 Å². The van der Waals surface area contributed by atoms with Gasteiger partial charge in [-0.15, -0.1) is 0 Å². The van der Waals surface area contributed by atoms with Gasteiger partial charge in [-0.1, -0.05) is 12.8 Å². The fourth-order valence-electron chi connectivity index (χ4n) is 7.48. The van der Waals surface area contributed by atoms with Crippen molar-refractivity contribution in [2.45, 2.75) is 89.8 Å². The molecule has 0 aromatic rings. The molecule has 0 saturated heterocycles. The fourth-order valence-corrected chi connectivity index (χ4v) is 7.48. The van der Waals surface area contributed by atoms with Crippen molar-refractivity contribution in [1.82, 2.24) is 0 Å². The van der Waals surface area contributed by atoms with Crippen LogP contribution in [0.1, 0.15) is 78.1 Å². The number of carboxylic acids is 1. The number of amides is 1. The van der Waals surface area contributed by atoms with Gasteiger partial charge in [-0.05, 0) is 94.8 Å². The summed E-state index contributed by atoms with van der Waals surface area (Å²) in [5.74, 6) is 1.77. The number of carbonyl (C=O) groups excluding carboxylic acids is 1. The summed E-state index contributed by atoms with van der Waals surface area (Å²) in [4.78, 5) is 24.1. The topological polar surface area (TPSA) is 89.6 Å². The van der Waals surface area contributed by atoms with Crippen LogP contribution in [0.15, 0.2) is 0 Å². The van der Waals surface area contributed by atoms with Crippen LogP contribution in [0.25, 0.3) is 0 Å². The quantitative estimate of drug-likeness (QED) is 0.714. The molecule has 5 nitrogen and oxygen atoms in total. The van der Waals surface area contributed by atoms with Crippen molar-refractivity contribution in [3.8, 4) is 0 Å². The number of aliphatic carboxylic acids is 1. The molecule has 5 unspecified atom stereocenters. The van der Waals surface area contributed by atoms with Gasteiger partial charge in [-0.2, -0.15) is 0 Å². The van der Waals surface area contributed by atoms with Crippen molar-refractivity contribution in [2.24, 2.45) is 40.7 Å². The predicted octanol–water partition coefficient (Wildman–Crippen LogP) is 3.74. The van der Waals surface area contributed by atoms with E-state index < -0.39 is 22.9 Å². The average molecular weight is 378 g/mol. The first-order chi connectivity index (χ1) is 12.7. The van der Waals surface area contributed by atoms with E-state index in [0.717, 1.165) is 44.9 Å². The first-order valence-electron chi connectivity index (χ1n) is 10.9. The lowest BCUT2D eigenvalue weighted by molar-refractivity contribution is -0.185. The highest BCUT2D eigenvalue weighted by Crippen LogP contribution is 2.65. The molecule has 0 heterocycles. The summed E-state index contributed by atoms with van der Waals surface area (Å²) < 4.78 is 6.06. The molecule has 5 heteroatoms. The predicted molar refractivity (Wildman–Crippen MR) is 102 cm³/mol. The third-order valence-corrected chi connectivity index (χ3v) is 8.34. The molecule has 0 spiro atoms. The maximum Gasteiger partial charge on any atom is 0.309 e. The largest absolute Gasteiger partial charge is 0.481 e. The van der Waals surface area contributed by atoms with E-state index in [1.54, 1.807) is 13.8 Å². The van der Waals surface area contributed by atoms with Crippen molar-refractivity contribution >= 4 is 11.9 Å². The molecule has 5 fully saturated rings. The number of hydrogen-bond donors (Lipinski definition) is 2. The standard InChI is InChI=1S/C22H35NO4/c1-21(2,19(23)24)27-17-5-3-4-15(6-7-17)18-16-9-13-8-14(10-16)12-22(18,11-13)20(25)26/h13-18H,3-12H2,1-2H3,(H2,23,24)(H,25,26). The summed E-state index contributed by atoms with van der Waals surface area (Å²) >= 11 is 0. The van der Waals surface area contributed by atoms with E-state index in [1.165, 1.54) is 19.3 Å². The van der Waals surface area contributed by atoms with E-state index in [9.17, 15) is 14.7 Å². The Morgan fingerprint density at radius 3 is 2.26 bits per heavy atom. The number of carboxylic acid groups (broad SMARTS) is 1. The molecule has 152 valence electrons. The van der Waals surface area contributed by atoms with E-state index in [-0.39, 0.29) is 6.10 Å². The van der Waals surface area contributed by atoms with E-state index in [4.69, 9.17) is 10.5 Å². The Morgan fingerprint density at radius 2 is 1.67 bits per heavy atom. The molecular weight excluding hydrogens is 342 g/mol. The van der Waals surface area contributed by atoms with Crippen LogP contribution in [-0.4, -0.2) is 28.7 Å². The summed E-state index contributed by atoms with van der Waals surface area (Å²) in [6.45, 7) is 3.49. The molecular formula is C22H35NO4. The molecule has 3 N–H and O–H groups in total. The van der Waals surface area contributed by atoms with Gasteiger partial charge in [0.2, 0.25) is 5.91 Å². The third-order valence-electron chi connectivity index (χ3n) is 8.34. The summed E-state index contributed by atoms with van der Waals surface area (Å²) in [5, 5.41) is 10.2. The molecule has 4 bridgehead atoms. The van der Waals surface area contributed by atoms with Gasteiger partial charge < -0.3 is 15.6 Å². The zero-order valence-electron chi connectivity index (χ0n) is 16.8. The molecule has 0 aromatic carbocycles. The number of ether oxygens (including phenoxy) is 1. The van der Waals surface area contributed by atoms with Crippen molar-refractivity contribution in [1.29, 1.82) is 0 Å². The van der Waals surface area contributed by atoms with Crippen molar-refractivity contribution < 1.29 is 19.4 Å². The normalized spacial score (nSPS) is 44.1. The van der Waals surface area contributed by atoms with Crippen molar-refractivity contribution in [2.75, 3.05) is 0 Å². The second kappa shape index (κ2) is 6.75. The number of hydrogen-bond acceptors (Lipinski definition) is 3. The molecule has 1 amide bonds. The monoisotopic (exact) mass is 377 g/mol. The van der Waals surface area contributed by atoms with Gasteiger partial charge >= 0.3 is 5.97 Å². The number of nitrogens with two attached hydrogens (primary N) is 1. The number of primary amides is 1. The maximum absolute atomic E-state index is 12.4. The zero-order chi connectivity index (χ0) is 19.4. The molecule has 0 aliphatic heterocycles. The zero-order valence-corrected chi connectivity index (χ0v) is 16.8. The maximum atomic E-state index is 12.4. The molecule has 5 atom stereocenters. The van der Waals surface area contributed by atoms with E-state index in [2.05, 4.69) is 0 Å². The molecule has 0 aromatic heterocycles. The van der Waals surface area contributed by atoms with Crippen LogP contribution in [0.5, 0.6) is 0 Å². The smallest absolute Gasteiger partial charge is 0.309 e. The summed E-state index contributed by atoms with van der Waals surface area (Å²) in [6, 6.07) is 0. The van der Waals surface area contributed by atoms with Gasteiger partial charge in [0.15, 0.2) is 0 Å². The van der Waals surface area contributed by atoms with Crippen LogP contribution >= 0.6 is 0 Å². The van der Waals surface area contributed by atoms with Crippen molar-refractivity contribution in [3.63, 3.8) is 0 Å². The highest BCUT2D eigenvalue weighted by atomic mass is 16.5. The van der Waals surface area contributed by atoms with Gasteiger partial charge in [0, 0.05) is 0 Å². The van der Waals surface area contributed by atoms with Crippen molar-refractivity contribution in [3.05, 3.63) is 0 Å². The third kappa shape index (κ3) is 3.30. The Kier molecular flexibility index (Phi) is 4.81. The fraction of sp³-hybridized carbons (Fsp3) is 0.909. The lowest BCUT2D eigenvalue weighted by atomic mass is 9.42. The number of rotatable bonds is 5. The molecule has 5 saturated carbocycles. The van der Waals surface area contributed by atoms with E-state index >= 15 is 0 Å². The second-order valence-corrected chi connectivity index (χ2v) is 10.5. The first kappa shape index (κ1) is 19.2. The highest BCUT2D eigenvalue weighted by molar-refractivity contribution is 5.82. The average Bonchev–Trinajstić information content (AvgIpc) is 2.79. The van der Waals surface area contributed by atoms with Gasteiger partial charge in [-0.3, -0.25) is 9.59 Å². The summed E-state index contributed by atoms with van der Waals surface area (Å²) in [5.41, 5.74) is 4.07. The first-order valence-corrected chi connectivity index (χ1v) is 10.9. The van der Waals surface area contributed by atoms with Crippen LogP contribution in [-0.2, 0) is 14.3 Å². The van der Waals surface area contributed by atoms with Crippen LogP contribution in [0, 0.1) is 35.0 Å². The lowest BCUT2D eigenvalue weighted by Gasteiger charge is -2.61. The summed E-state index contributed by atoms with van der Waals surface area (Å²) in [6.07, 6.45) is 10.7. The second-order valence-electron chi connectivity index (χ2n) is 10.5. The SMILES string of the molecule is CC(C)(OC1CCCC(C2C3CC4CC(C3)CC2(C(=O)O)C4)CC1)C(N)=O. The molecule has 5 aliphatic rings. The Labute approximate surface area is 162 Å². The van der Waals surface area contributed by atoms with Gasteiger partial charge in [0.05, 0.1) is 11.5 Å². The van der Waals surface area contributed by atoms with Crippen LogP contribution in [0.2, 0.25) is 0 Å². The minimum atomic E-state index is -0.935. The molecule has 0 radical (unpaired) electrons. The van der Waals surface area contributed by atoms with E-state index in [0.29, 0.717) is 29.6 Å². The lowest BCUT2D eigenvalue weighted by Crippen LogP contribution is -2.58. The van der Waals surface area contributed by atoms with Crippen LogP contribution in [0.3, 0.4) is 0 Å². The molecule has 27 heavy (non-hydrogen) atoms. The van der Waals surface area contributed by atoms with Crippen LogP contribution in [0.4, 0.5) is 0 Å². The summed E-state index contributed by atoms with van der Waals surface area (Å²) in [7, 11) is 0. The highest BCUT2D eigenvalue weighted by Gasteiger charge is 2.62. The molecule has 5 rings (SSSR count).